The molecule has 0 atom stereocenters. The number of carbonyl (C=O) groups excluding carboxylic acids is 2. The number of amides is 2. The lowest BCUT2D eigenvalue weighted by molar-refractivity contribution is -0.136. The molecule has 6 nitrogen and oxygen atoms in total. The van der Waals surface area contributed by atoms with E-state index in [2.05, 4.69) is 20.4 Å². The molecule has 0 saturated carbocycles. The van der Waals surface area contributed by atoms with E-state index in [1.54, 1.807) is 12.1 Å². The van der Waals surface area contributed by atoms with Gasteiger partial charge in [-0.05, 0) is 43.7 Å². The van der Waals surface area contributed by atoms with Crippen molar-refractivity contribution in [1.82, 2.24) is 10.2 Å². The number of rotatable bonds is 6. The van der Waals surface area contributed by atoms with Crippen molar-refractivity contribution in [3.05, 3.63) is 59.9 Å². The van der Waals surface area contributed by atoms with Crippen molar-refractivity contribution >= 4 is 23.2 Å². The van der Waals surface area contributed by atoms with E-state index >= 15 is 0 Å². The number of hydrogen-bond acceptors (Lipinski definition) is 4. The molecule has 7 heteroatoms. The Labute approximate surface area is 170 Å². The number of piperazine rings is 1. The molecule has 0 unspecified atom stereocenters. The van der Waals surface area contributed by atoms with Gasteiger partial charge in [-0.3, -0.25) is 14.5 Å². The molecule has 0 aromatic heterocycles. The molecule has 1 saturated heterocycles. The number of anilines is 2. The largest absolute Gasteiger partial charge is 0.367 e. The summed E-state index contributed by atoms with van der Waals surface area (Å²) in [4.78, 5) is 28.3. The van der Waals surface area contributed by atoms with Gasteiger partial charge in [0.1, 0.15) is 5.82 Å². The molecular formula is C22H27FN4O2. The maximum absolute atomic E-state index is 13.9. The first-order valence-corrected chi connectivity index (χ1v) is 9.91. The topological polar surface area (TPSA) is 64.7 Å². The highest BCUT2D eigenvalue weighted by Gasteiger charge is 2.19. The summed E-state index contributed by atoms with van der Waals surface area (Å²) in [6, 6.07) is 14.2. The van der Waals surface area contributed by atoms with E-state index in [9.17, 15) is 14.0 Å². The van der Waals surface area contributed by atoms with Crippen LogP contribution in [-0.4, -0.2) is 56.0 Å². The Morgan fingerprint density at radius 2 is 1.66 bits per heavy atom. The molecule has 2 N–H and O–H groups in total. The molecule has 1 heterocycles. The van der Waals surface area contributed by atoms with Crippen molar-refractivity contribution in [2.75, 3.05) is 49.5 Å². The number of halogens is 1. The zero-order chi connectivity index (χ0) is 20.6. The average Bonchev–Trinajstić information content (AvgIpc) is 2.73. The van der Waals surface area contributed by atoms with Crippen LogP contribution in [0.4, 0.5) is 15.8 Å². The molecule has 0 spiro atoms. The fourth-order valence-electron chi connectivity index (χ4n) is 3.40. The van der Waals surface area contributed by atoms with Crippen molar-refractivity contribution < 1.29 is 14.0 Å². The Hall–Kier alpha value is -2.93. The van der Waals surface area contributed by atoms with Crippen LogP contribution >= 0.6 is 0 Å². The third-order valence-corrected chi connectivity index (χ3v) is 5.10. The average molecular weight is 398 g/mol. The van der Waals surface area contributed by atoms with Crippen LogP contribution in [0.25, 0.3) is 0 Å². The molecule has 1 aliphatic heterocycles. The van der Waals surface area contributed by atoms with E-state index < -0.39 is 11.8 Å². The van der Waals surface area contributed by atoms with E-state index in [4.69, 9.17) is 0 Å². The van der Waals surface area contributed by atoms with Gasteiger partial charge in [0.05, 0.1) is 5.69 Å². The number of hydrogen-bond donors (Lipinski definition) is 2. The highest BCUT2D eigenvalue weighted by Crippen LogP contribution is 2.20. The Morgan fingerprint density at radius 1 is 0.966 bits per heavy atom. The van der Waals surface area contributed by atoms with Gasteiger partial charge in [0.15, 0.2) is 0 Å². The number of nitrogens with one attached hydrogen (secondary N) is 2. The summed E-state index contributed by atoms with van der Waals surface area (Å²) in [5.41, 5.74) is 2.20. The summed E-state index contributed by atoms with van der Waals surface area (Å²) < 4.78 is 13.9. The third kappa shape index (κ3) is 5.77. The first-order chi connectivity index (χ1) is 14.0. The van der Waals surface area contributed by atoms with Gasteiger partial charge in [0, 0.05) is 38.4 Å². The fourth-order valence-corrected chi connectivity index (χ4v) is 3.40. The molecule has 3 rings (SSSR count). The summed E-state index contributed by atoms with van der Waals surface area (Å²) in [6.45, 7) is 6.36. The van der Waals surface area contributed by atoms with Gasteiger partial charge >= 0.3 is 11.8 Å². The van der Waals surface area contributed by atoms with E-state index in [0.717, 1.165) is 44.7 Å². The van der Waals surface area contributed by atoms with Crippen molar-refractivity contribution in [2.24, 2.45) is 0 Å². The van der Waals surface area contributed by atoms with Crippen molar-refractivity contribution in [3.63, 3.8) is 0 Å². The molecule has 2 aromatic rings. The Balaban J connectivity index is 1.34. The zero-order valence-electron chi connectivity index (χ0n) is 16.7. The molecule has 0 aliphatic carbocycles. The Bertz CT molecular complexity index is 850. The van der Waals surface area contributed by atoms with Crippen molar-refractivity contribution in [2.45, 2.75) is 13.3 Å². The smallest absolute Gasteiger partial charge is 0.313 e. The van der Waals surface area contributed by atoms with Crippen molar-refractivity contribution in [1.29, 1.82) is 0 Å². The monoisotopic (exact) mass is 398 g/mol. The normalized spacial score (nSPS) is 14.5. The second-order valence-corrected chi connectivity index (χ2v) is 7.16. The number of benzene rings is 2. The predicted molar refractivity (Wildman–Crippen MR) is 112 cm³/mol. The molecule has 154 valence electrons. The molecule has 2 amide bonds. The molecule has 2 aromatic carbocycles. The molecule has 29 heavy (non-hydrogen) atoms. The lowest BCUT2D eigenvalue weighted by Crippen LogP contribution is -2.47. The minimum absolute atomic E-state index is 0.187. The second-order valence-electron chi connectivity index (χ2n) is 7.16. The third-order valence-electron chi connectivity index (χ3n) is 5.10. The minimum atomic E-state index is -0.655. The van der Waals surface area contributed by atoms with Crippen LogP contribution in [0.2, 0.25) is 0 Å². The minimum Gasteiger partial charge on any atom is -0.367 e. The Morgan fingerprint density at radius 3 is 2.38 bits per heavy atom. The van der Waals surface area contributed by atoms with Gasteiger partial charge in [-0.15, -0.1) is 0 Å². The van der Waals surface area contributed by atoms with Crippen LogP contribution in [-0.2, 0) is 9.59 Å². The molecular weight excluding hydrogens is 371 g/mol. The summed E-state index contributed by atoms with van der Waals surface area (Å²) in [5.74, 6) is -1.47. The zero-order valence-corrected chi connectivity index (χ0v) is 16.7. The predicted octanol–water partition coefficient (Wildman–Crippen LogP) is 2.40. The quantitative estimate of drug-likeness (QED) is 0.579. The summed E-state index contributed by atoms with van der Waals surface area (Å²) >= 11 is 0. The number of para-hydroxylation sites is 2. The lowest BCUT2D eigenvalue weighted by Gasteiger charge is -2.36. The van der Waals surface area contributed by atoms with E-state index in [-0.39, 0.29) is 5.82 Å². The van der Waals surface area contributed by atoms with Gasteiger partial charge in [0.25, 0.3) is 0 Å². The second kappa shape index (κ2) is 10.0. The number of aryl methyl sites for hydroxylation is 1. The lowest BCUT2D eigenvalue weighted by atomic mass is 10.2. The first-order valence-electron chi connectivity index (χ1n) is 9.91. The van der Waals surface area contributed by atoms with E-state index in [1.165, 1.54) is 6.07 Å². The van der Waals surface area contributed by atoms with Crippen LogP contribution in [0.15, 0.2) is 48.5 Å². The van der Waals surface area contributed by atoms with Gasteiger partial charge in [-0.25, -0.2) is 4.39 Å². The maximum Gasteiger partial charge on any atom is 0.313 e. The number of nitrogens with zero attached hydrogens (tertiary/aromatic N) is 2. The first kappa shape index (κ1) is 20.8. The van der Waals surface area contributed by atoms with Crippen LogP contribution < -0.4 is 15.5 Å². The molecule has 1 fully saturated rings. The van der Waals surface area contributed by atoms with Crippen molar-refractivity contribution in [3.8, 4) is 0 Å². The highest BCUT2D eigenvalue weighted by atomic mass is 19.1. The Kier molecular flexibility index (Phi) is 7.19. The molecule has 1 aliphatic rings. The van der Waals surface area contributed by atoms with Crippen LogP contribution in [0.5, 0.6) is 0 Å². The summed E-state index contributed by atoms with van der Waals surface area (Å²) in [5, 5.41) is 5.29. The van der Waals surface area contributed by atoms with Gasteiger partial charge in [-0.2, -0.15) is 0 Å². The fraction of sp³-hybridized carbons (Fsp3) is 0.364. The van der Waals surface area contributed by atoms with Gasteiger partial charge < -0.3 is 15.5 Å². The number of carbonyl (C=O) groups is 2. The maximum atomic E-state index is 13.9. The van der Waals surface area contributed by atoms with E-state index in [1.807, 2.05) is 37.3 Å². The van der Waals surface area contributed by atoms with Gasteiger partial charge in [0.2, 0.25) is 0 Å². The summed E-state index contributed by atoms with van der Waals surface area (Å²) in [6.07, 6.45) is 0.753. The van der Waals surface area contributed by atoms with Crippen LogP contribution in [0.3, 0.4) is 0 Å². The summed E-state index contributed by atoms with van der Waals surface area (Å²) in [7, 11) is 0. The van der Waals surface area contributed by atoms with Crippen LogP contribution in [0.1, 0.15) is 12.0 Å². The molecule has 0 bridgehead atoms. The van der Waals surface area contributed by atoms with Gasteiger partial charge in [-0.1, -0.05) is 30.3 Å². The van der Waals surface area contributed by atoms with Crippen LogP contribution in [0, 0.1) is 12.7 Å². The van der Waals surface area contributed by atoms with E-state index in [0.29, 0.717) is 17.9 Å². The standard InChI is InChI=1S/C22H27FN4O2/c1-17-7-2-4-9-19(17)25-22(29)21(28)24-11-6-12-26-13-15-27(16-14-26)20-10-5-3-8-18(20)23/h2-5,7-10H,6,11-16H2,1H3,(H,24,28)(H,25,29). The molecule has 0 radical (unpaired) electrons. The SMILES string of the molecule is Cc1ccccc1NC(=O)C(=O)NCCCN1CCN(c2ccccc2F)CC1. The highest BCUT2D eigenvalue weighted by molar-refractivity contribution is 6.39.